The maximum atomic E-state index is 12.7. The average molecular weight is 368 g/mol. The molecule has 4 saturated carbocycles. The molecule has 6 heteroatoms. The Labute approximate surface area is 150 Å². The number of ether oxygens (including phenoxy) is 1. The van der Waals surface area contributed by atoms with Crippen LogP contribution in [0.1, 0.15) is 43.4 Å². The zero-order valence-corrected chi connectivity index (χ0v) is 15.1. The van der Waals surface area contributed by atoms with Crippen LogP contribution in [-0.2, 0) is 20.9 Å². The first-order chi connectivity index (χ1) is 11.5. The van der Waals surface area contributed by atoms with Crippen LogP contribution in [0.2, 0.25) is 0 Å². The van der Waals surface area contributed by atoms with Crippen molar-refractivity contribution in [1.29, 1.82) is 0 Å². The first-order valence-corrected chi connectivity index (χ1v) is 9.87. The minimum absolute atomic E-state index is 0.198. The second kappa shape index (κ2) is 6.03. The van der Waals surface area contributed by atoms with E-state index in [-0.39, 0.29) is 23.4 Å². The number of nitrogens with one attached hydrogen (secondary N) is 1. The quantitative estimate of drug-likeness (QED) is 0.640. The van der Waals surface area contributed by atoms with E-state index < -0.39 is 5.41 Å². The largest absolute Gasteiger partial charge is 0.455 e. The van der Waals surface area contributed by atoms with Crippen LogP contribution < -0.4 is 5.32 Å². The van der Waals surface area contributed by atoms with Gasteiger partial charge in [0.05, 0.1) is 12.0 Å². The van der Waals surface area contributed by atoms with Gasteiger partial charge in [0.15, 0.2) is 6.61 Å². The van der Waals surface area contributed by atoms with Gasteiger partial charge in [-0.05, 0) is 61.8 Å². The predicted molar refractivity (Wildman–Crippen MR) is 92.8 cm³/mol. The molecule has 2 unspecified atom stereocenters. The van der Waals surface area contributed by atoms with E-state index in [2.05, 4.69) is 5.32 Å². The number of carbonyl (C=O) groups excluding carboxylic acids is 2. The minimum atomic E-state index is -0.445. The number of rotatable bonds is 5. The van der Waals surface area contributed by atoms with Crippen molar-refractivity contribution in [3.63, 3.8) is 0 Å². The summed E-state index contributed by atoms with van der Waals surface area (Å²) in [5.41, 5.74) is -0.445. The molecular formula is C18H22ClNO3S. The molecule has 5 rings (SSSR count). The third kappa shape index (κ3) is 3.08. The van der Waals surface area contributed by atoms with E-state index in [4.69, 9.17) is 16.3 Å². The van der Waals surface area contributed by atoms with Gasteiger partial charge < -0.3 is 10.1 Å². The Bertz CT molecular complexity index is 631. The molecule has 1 aromatic heterocycles. The fourth-order valence-electron chi connectivity index (χ4n) is 5.32. The third-order valence-corrected chi connectivity index (χ3v) is 7.12. The molecule has 1 aromatic rings. The number of esters is 1. The van der Waals surface area contributed by atoms with Gasteiger partial charge >= 0.3 is 5.97 Å². The summed E-state index contributed by atoms with van der Waals surface area (Å²) in [6.07, 6.45) is 5.74. The summed E-state index contributed by atoms with van der Waals surface area (Å²) in [4.78, 5) is 25.5. The number of halogens is 1. The lowest BCUT2D eigenvalue weighted by Gasteiger charge is -2.58. The van der Waals surface area contributed by atoms with Gasteiger partial charge in [0.25, 0.3) is 5.91 Å². The van der Waals surface area contributed by atoms with Crippen LogP contribution in [0.25, 0.3) is 0 Å². The summed E-state index contributed by atoms with van der Waals surface area (Å²) in [5, 5.41) is 4.76. The molecule has 1 amide bonds. The van der Waals surface area contributed by atoms with E-state index in [1.807, 2.05) is 17.5 Å². The molecule has 4 bridgehead atoms. The van der Waals surface area contributed by atoms with Crippen molar-refractivity contribution >= 4 is 34.8 Å². The number of hydrogen-bond donors (Lipinski definition) is 1. The van der Waals surface area contributed by atoms with Crippen molar-refractivity contribution in [2.45, 2.75) is 49.9 Å². The van der Waals surface area contributed by atoms with Crippen LogP contribution in [0.15, 0.2) is 17.5 Å². The zero-order valence-electron chi connectivity index (χ0n) is 13.6. The van der Waals surface area contributed by atoms with Gasteiger partial charge in [-0.3, -0.25) is 9.59 Å². The highest BCUT2D eigenvalue weighted by molar-refractivity contribution is 7.09. The molecule has 0 aromatic carbocycles. The molecular weight excluding hydrogens is 346 g/mol. The van der Waals surface area contributed by atoms with Crippen molar-refractivity contribution in [2.24, 2.45) is 17.3 Å². The molecule has 0 saturated heterocycles. The Kier molecular flexibility index (Phi) is 4.12. The first kappa shape index (κ1) is 16.4. The van der Waals surface area contributed by atoms with Crippen molar-refractivity contribution in [3.05, 3.63) is 22.4 Å². The van der Waals surface area contributed by atoms with E-state index in [0.29, 0.717) is 24.8 Å². The number of alkyl halides is 1. The molecule has 4 aliphatic carbocycles. The van der Waals surface area contributed by atoms with Gasteiger partial charge in [0, 0.05) is 9.75 Å². The molecule has 1 heterocycles. The number of amides is 1. The second-order valence-electron chi connectivity index (χ2n) is 7.82. The molecule has 2 atom stereocenters. The monoisotopic (exact) mass is 367 g/mol. The highest BCUT2D eigenvalue weighted by Crippen LogP contribution is 2.64. The van der Waals surface area contributed by atoms with E-state index >= 15 is 0 Å². The van der Waals surface area contributed by atoms with Crippen molar-refractivity contribution in [3.8, 4) is 0 Å². The van der Waals surface area contributed by atoms with E-state index in [1.165, 1.54) is 6.42 Å². The third-order valence-electron chi connectivity index (χ3n) is 5.80. The van der Waals surface area contributed by atoms with Crippen LogP contribution in [0.4, 0.5) is 0 Å². The fourth-order valence-corrected chi connectivity index (χ4v) is 6.66. The Morgan fingerprint density at radius 2 is 2.04 bits per heavy atom. The summed E-state index contributed by atoms with van der Waals surface area (Å²) in [7, 11) is 0. The SMILES string of the molecule is O=C(COC(=O)C12CC3CC(CC(Cl)(C3)C1)C2)NCc1cccs1. The van der Waals surface area contributed by atoms with Gasteiger partial charge in [-0.2, -0.15) is 0 Å². The smallest absolute Gasteiger partial charge is 0.312 e. The number of thiophene rings is 1. The standard InChI is InChI=1S/C18H22ClNO3S/c19-18-7-12-4-13(8-18)6-17(5-12,11-18)16(22)23-10-15(21)20-9-14-2-1-3-24-14/h1-3,12-13H,4-11H2,(H,20,21). The van der Waals surface area contributed by atoms with Crippen molar-refractivity contribution in [1.82, 2.24) is 5.32 Å². The molecule has 24 heavy (non-hydrogen) atoms. The fraction of sp³-hybridized carbons (Fsp3) is 0.667. The Hall–Kier alpha value is -1.07. The van der Waals surface area contributed by atoms with E-state index in [9.17, 15) is 9.59 Å². The maximum absolute atomic E-state index is 12.7. The molecule has 0 aliphatic heterocycles. The van der Waals surface area contributed by atoms with Crippen LogP contribution in [0, 0.1) is 17.3 Å². The lowest BCUT2D eigenvalue weighted by Crippen LogP contribution is -2.56. The first-order valence-electron chi connectivity index (χ1n) is 8.62. The van der Waals surface area contributed by atoms with Crippen LogP contribution in [0.5, 0.6) is 0 Å². The maximum Gasteiger partial charge on any atom is 0.312 e. The lowest BCUT2D eigenvalue weighted by atomic mass is 9.49. The van der Waals surface area contributed by atoms with Gasteiger partial charge in [0.1, 0.15) is 0 Å². The molecule has 0 spiro atoms. The number of hydrogen-bond acceptors (Lipinski definition) is 4. The molecule has 1 N–H and O–H groups in total. The van der Waals surface area contributed by atoms with Gasteiger partial charge in [0.2, 0.25) is 0 Å². The highest BCUT2D eigenvalue weighted by atomic mass is 35.5. The molecule has 4 fully saturated rings. The normalized spacial score (nSPS) is 36.5. The van der Waals surface area contributed by atoms with Crippen LogP contribution >= 0.6 is 22.9 Å². The molecule has 4 aliphatic rings. The summed E-state index contributed by atoms with van der Waals surface area (Å²) in [6, 6.07) is 3.91. The van der Waals surface area contributed by atoms with Gasteiger partial charge in [-0.25, -0.2) is 0 Å². The Balaban J connectivity index is 1.32. The topological polar surface area (TPSA) is 55.4 Å². The Morgan fingerprint density at radius 1 is 1.29 bits per heavy atom. The average Bonchev–Trinajstić information content (AvgIpc) is 3.01. The second-order valence-corrected chi connectivity index (χ2v) is 9.66. The molecule has 0 radical (unpaired) electrons. The summed E-state index contributed by atoms with van der Waals surface area (Å²) >= 11 is 8.34. The van der Waals surface area contributed by atoms with Crippen molar-refractivity contribution in [2.75, 3.05) is 6.61 Å². The van der Waals surface area contributed by atoms with Gasteiger partial charge in [-0.15, -0.1) is 22.9 Å². The predicted octanol–water partition coefficient (Wildman–Crippen LogP) is 3.49. The summed E-state index contributed by atoms with van der Waals surface area (Å²) in [6.45, 7) is 0.282. The number of carbonyl (C=O) groups is 2. The summed E-state index contributed by atoms with van der Waals surface area (Å²) < 4.78 is 5.40. The lowest BCUT2D eigenvalue weighted by molar-refractivity contribution is -0.171. The highest BCUT2D eigenvalue weighted by Gasteiger charge is 2.60. The van der Waals surface area contributed by atoms with Gasteiger partial charge in [-0.1, -0.05) is 6.07 Å². The summed E-state index contributed by atoms with van der Waals surface area (Å²) in [5.74, 6) is 0.628. The molecule has 130 valence electrons. The van der Waals surface area contributed by atoms with Crippen LogP contribution in [-0.4, -0.2) is 23.4 Å². The Morgan fingerprint density at radius 3 is 2.67 bits per heavy atom. The molecule has 4 nitrogen and oxygen atoms in total. The van der Waals surface area contributed by atoms with Crippen LogP contribution in [0.3, 0.4) is 0 Å². The van der Waals surface area contributed by atoms with E-state index in [1.54, 1.807) is 11.3 Å². The minimum Gasteiger partial charge on any atom is -0.455 e. The van der Waals surface area contributed by atoms with Crippen molar-refractivity contribution < 1.29 is 14.3 Å². The zero-order chi connectivity index (χ0) is 16.8. The van der Waals surface area contributed by atoms with E-state index in [0.717, 1.165) is 30.6 Å².